The zero-order valence-electron chi connectivity index (χ0n) is 20.1. The molecule has 11 heteroatoms. The second-order valence-corrected chi connectivity index (χ2v) is 9.29. The van der Waals surface area contributed by atoms with Crippen molar-refractivity contribution in [2.75, 3.05) is 38.8 Å². The summed E-state index contributed by atoms with van der Waals surface area (Å²) in [4.78, 5) is 36.2. The number of anilines is 1. The number of carbonyl (C=O) groups excluding carboxylic acids is 2. The van der Waals surface area contributed by atoms with Crippen molar-refractivity contribution in [1.82, 2.24) is 20.2 Å². The van der Waals surface area contributed by atoms with Crippen molar-refractivity contribution in [2.24, 2.45) is 0 Å². The molecule has 0 unspecified atom stereocenters. The summed E-state index contributed by atoms with van der Waals surface area (Å²) in [6.45, 7) is 1.06. The molecule has 3 aromatic rings. The summed E-state index contributed by atoms with van der Waals surface area (Å²) in [5, 5.41) is 16.2. The lowest BCUT2D eigenvalue weighted by Crippen LogP contribution is -2.40. The van der Waals surface area contributed by atoms with E-state index in [4.69, 9.17) is 21.1 Å². The molecule has 0 radical (unpaired) electrons. The standard InChI is InChI=1S/C26H26ClN5O5/c1-36-19-4-2-3-15(7-19)22(12-33)30-23(34)11-32-10-17-6-5-16(8-20(17)25(32)35)24-21(27)9-28-26(31-24)29-18-13-37-14-18/h2-9,18,22,33H,10-14H2,1H3,(H,30,34)(H,28,29,31)/t22-/m1/s1. The van der Waals surface area contributed by atoms with Gasteiger partial charge in [-0.25, -0.2) is 9.97 Å². The van der Waals surface area contributed by atoms with Gasteiger partial charge in [-0.15, -0.1) is 0 Å². The average Bonchev–Trinajstić information content (AvgIpc) is 3.19. The molecule has 1 aromatic heterocycles. The number of hydrogen-bond donors (Lipinski definition) is 3. The number of nitrogens with one attached hydrogen (secondary N) is 2. The highest BCUT2D eigenvalue weighted by Crippen LogP contribution is 2.31. The minimum absolute atomic E-state index is 0.144. The summed E-state index contributed by atoms with van der Waals surface area (Å²) in [7, 11) is 1.55. The van der Waals surface area contributed by atoms with Crippen molar-refractivity contribution in [3.8, 4) is 17.0 Å². The molecule has 2 aliphatic heterocycles. The van der Waals surface area contributed by atoms with Crippen molar-refractivity contribution in [3.05, 3.63) is 70.4 Å². The molecule has 10 nitrogen and oxygen atoms in total. The highest BCUT2D eigenvalue weighted by atomic mass is 35.5. The van der Waals surface area contributed by atoms with E-state index in [0.717, 1.165) is 5.56 Å². The van der Waals surface area contributed by atoms with Gasteiger partial charge >= 0.3 is 0 Å². The Kier molecular flexibility index (Phi) is 7.22. The fraction of sp³-hybridized carbons (Fsp3) is 0.308. The van der Waals surface area contributed by atoms with Gasteiger partial charge < -0.3 is 30.1 Å². The summed E-state index contributed by atoms with van der Waals surface area (Å²) in [6, 6.07) is 12.1. The monoisotopic (exact) mass is 523 g/mol. The number of amides is 2. The number of benzene rings is 2. The van der Waals surface area contributed by atoms with Gasteiger partial charge in [0.15, 0.2) is 0 Å². The van der Waals surface area contributed by atoms with E-state index in [0.29, 0.717) is 58.9 Å². The SMILES string of the molecule is COc1cccc([C@@H](CO)NC(=O)CN2Cc3ccc(-c4nc(NC5COC5)ncc4Cl)cc3C2=O)c1. The van der Waals surface area contributed by atoms with Gasteiger partial charge in [-0.3, -0.25) is 9.59 Å². The topological polar surface area (TPSA) is 126 Å². The molecule has 2 aromatic carbocycles. The van der Waals surface area contributed by atoms with Crippen LogP contribution in [0.4, 0.5) is 5.95 Å². The number of methoxy groups -OCH3 is 1. The lowest BCUT2D eigenvalue weighted by atomic mass is 10.0. The third-order valence-electron chi connectivity index (χ3n) is 6.33. The number of fused-ring (bicyclic) bond motifs is 1. The van der Waals surface area contributed by atoms with Gasteiger partial charge in [0.1, 0.15) is 12.3 Å². The van der Waals surface area contributed by atoms with E-state index >= 15 is 0 Å². The van der Waals surface area contributed by atoms with Crippen LogP contribution in [-0.2, 0) is 16.1 Å². The van der Waals surface area contributed by atoms with Crippen molar-refractivity contribution >= 4 is 29.4 Å². The number of rotatable bonds is 9. The van der Waals surface area contributed by atoms with E-state index in [-0.39, 0.29) is 31.0 Å². The van der Waals surface area contributed by atoms with Crippen LogP contribution < -0.4 is 15.4 Å². The van der Waals surface area contributed by atoms with Crippen molar-refractivity contribution in [1.29, 1.82) is 0 Å². The third kappa shape index (κ3) is 5.36. The molecular weight excluding hydrogens is 498 g/mol. The molecule has 0 spiro atoms. The highest BCUT2D eigenvalue weighted by molar-refractivity contribution is 6.33. The van der Waals surface area contributed by atoms with Crippen molar-refractivity contribution < 1.29 is 24.2 Å². The second kappa shape index (κ2) is 10.7. The Labute approximate surface area is 218 Å². The van der Waals surface area contributed by atoms with Gasteiger partial charge in [-0.1, -0.05) is 35.9 Å². The molecule has 3 N–H and O–H groups in total. The number of aliphatic hydroxyl groups excluding tert-OH is 1. The third-order valence-corrected chi connectivity index (χ3v) is 6.60. The Morgan fingerprint density at radius 3 is 2.86 bits per heavy atom. The first-order valence-electron chi connectivity index (χ1n) is 11.8. The van der Waals surface area contributed by atoms with Crippen LogP contribution in [0.15, 0.2) is 48.7 Å². The number of carbonyl (C=O) groups is 2. The van der Waals surface area contributed by atoms with Gasteiger partial charge in [-0.05, 0) is 29.3 Å². The van der Waals surface area contributed by atoms with E-state index < -0.39 is 6.04 Å². The summed E-state index contributed by atoms with van der Waals surface area (Å²) in [5.41, 5.74) is 3.19. The number of aromatic nitrogens is 2. The first-order chi connectivity index (χ1) is 17.9. The first-order valence-corrected chi connectivity index (χ1v) is 12.2. The number of nitrogens with zero attached hydrogens (tertiary/aromatic N) is 3. The largest absolute Gasteiger partial charge is 0.497 e. The van der Waals surface area contributed by atoms with Crippen LogP contribution in [0, 0.1) is 0 Å². The molecule has 3 heterocycles. The molecule has 0 bridgehead atoms. The Hall–Kier alpha value is -3.73. The Balaban J connectivity index is 1.28. The van der Waals surface area contributed by atoms with Crippen LogP contribution in [-0.4, -0.2) is 71.3 Å². The van der Waals surface area contributed by atoms with Crippen LogP contribution in [0.5, 0.6) is 5.75 Å². The van der Waals surface area contributed by atoms with Gasteiger partial charge in [0.05, 0.1) is 55.9 Å². The van der Waals surface area contributed by atoms with Crippen LogP contribution >= 0.6 is 11.6 Å². The Morgan fingerprint density at radius 2 is 2.14 bits per heavy atom. The summed E-state index contributed by atoms with van der Waals surface area (Å²) in [6.07, 6.45) is 1.53. The number of ether oxygens (including phenoxy) is 2. The van der Waals surface area contributed by atoms with Crippen molar-refractivity contribution in [3.63, 3.8) is 0 Å². The van der Waals surface area contributed by atoms with Crippen LogP contribution in [0.25, 0.3) is 11.3 Å². The number of aliphatic hydroxyl groups is 1. The molecule has 1 atom stereocenters. The Morgan fingerprint density at radius 1 is 1.30 bits per heavy atom. The first kappa shape index (κ1) is 24.9. The highest BCUT2D eigenvalue weighted by Gasteiger charge is 2.30. The summed E-state index contributed by atoms with van der Waals surface area (Å²) in [5.74, 6) is 0.420. The number of halogens is 1. The quantitative estimate of drug-likeness (QED) is 0.390. The van der Waals surface area contributed by atoms with Crippen molar-refractivity contribution in [2.45, 2.75) is 18.6 Å². The molecule has 192 valence electrons. The predicted octanol–water partition coefficient (Wildman–Crippen LogP) is 2.42. The minimum atomic E-state index is -0.622. The van der Waals surface area contributed by atoms with Gasteiger partial charge in [0, 0.05) is 17.7 Å². The molecular formula is C26H26ClN5O5. The van der Waals surface area contributed by atoms with E-state index in [2.05, 4.69) is 20.6 Å². The Bertz CT molecular complexity index is 1330. The molecule has 1 saturated heterocycles. The molecule has 2 amide bonds. The molecule has 0 aliphatic carbocycles. The molecule has 2 aliphatic rings. The molecule has 37 heavy (non-hydrogen) atoms. The normalized spacial score (nSPS) is 15.6. The van der Waals surface area contributed by atoms with E-state index in [9.17, 15) is 14.7 Å². The maximum Gasteiger partial charge on any atom is 0.254 e. The van der Waals surface area contributed by atoms with Crippen LogP contribution in [0.1, 0.15) is 27.5 Å². The predicted molar refractivity (Wildman–Crippen MR) is 136 cm³/mol. The fourth-order valence-corrected chi connectivity index (χ4v) is 4.48. The smallest absolute Gasteiger partial charge is 0.254 e. The van der Waals surface area contributed by atoms with Gasteiger partial charge in [0.25, 0.3) is 5.91 Å². The summed E-state index contributed by atoms with van der Waals surface area (Å²) < 4.78 is 10.4. The lowest BCUT2D eigenvalue weighted by molar-refractivity contribution is -0.122. The minimum Gasteiger partial charge on any atom is -0.497 e. The van der Waals surface area contributed by atoms with Crippen LogP contribution in [0.2, 0.25) is 5.02 Å². The second-order valence-electron chi connectivity index (χ2n) is 8.88. The van der Waals surface area contributed by atoms with E-state index in [1.165, 1.54) is 11.1 Å². The molecule has 5 rings (SSSR count). The van der Waals surface area contributed by atoms with E-state index in [1.54, 1.807) is 37.4 Å². The zero-order valence-corrected chi connectivity index (χ0v) is 20.9. The van der Waals surface area contributed by atoms with E-state index in [1.807, 2.05) is 12.1 Å². The van der Waals surface area contributed by atoms with Crippen LogP contribution in [0.3, 0.4) is 0 Å². The maximum atomic E-state index is 13.2. The average molecular weight is 524 g/mol. The maximum absolute atomic E-state index is 13.2. The van der Waals surface area contributed by atoms with Gasteiger partial charge in [0.2, 0.25) is 11.9 Å². The molecule has 1 fully saturated rings. The molecule has 0 saturated carbocycles. The fourth-order valence-electron chi connectivity index (χ4n) is 4.28. The number of hydrogen-bond acceptors (Lipinski definition) is 8. The summed E-state index contributed by atoms with van der Waals surface area (Å²) >= 11 is 6.38. The van der Waals surface area contributed by atoms with Gasteiger partial charge in [-0.2, -0.15) is 0 Å². The lowest BCUT2D eigenvalue weighted by Gasteiger charge is -2.26. The zero-order chi connectivity index (χ0) is 25.9.